The topological polar surface area (TPSA) is 58.1 Å². The van der Waals surface area contributed by atoms with Crippen LogP contribution in [0.3, 0.4) is 0 Å². The molecule has 0 radical (unpaired) electrons. The van der Waals surface area contributed by atoms with Gasteiger partial charge in [0.25, 0.3) is 0 Å². The molecular weight excluding hydrogens is 363 g/mol. The third-order valence-electron chi connectivity index (χ3n) is 4.82. The van der Waals surface area contributed by atoms with E-state index in [9.17, 15) is 9.18 Å². The van der Waals surface area contributed by atoms with Crippen LogP contribution in [-0.2, 0) is 11.2 Å². The second kappa shape index (κ2) is 9.26. The van der Waals surface area contributed by atoms with Gasteiger partial charge < -0.3 is 10.2 Å². The van der Waals surface area contributed by atoms with Crippen LogP contribution < -0.4 is 10.2 Å². The minimum atomic E-state index is -0.239. The minimum absolute atomic E-state index is 0.00959. The molecule has 0 saturated carbocycles. The van der Waals surface area contributed by atoms with Crippen molar-refractivity contribution < 1.29 is 9.18 Å². The standard InChI is InChI=1S/C20H27FN4OS/c1-14(2)9-10-22-19(26)16-4-3-11-25(13-16)20-23-18(24-27-20)12-15-5-7-17(21)8-6-15/h5-8,14,16H,3-4,9-13H2,1-2H3,(H,22,26)/t16-/m0/s1. The predicted octanol–water partition coefficient (Wildman–Crippen LogP) is 3.65. The van der Waals surface area contributed by atoms with E-state index in [0.29, 0.717) is 18.9 Å². The van der Waals surface area contributed by atoms with Gasteiger partial charge in [0, 0.05) is 37.6 Å². The fraction of sp³-hybridized carbons (Fsp3) is 0.550. The third kappa shape index (κ3) is 5.73. The van der Waals surface area contributed by atoms with Gasteiger partial charge in [-0.2, -0.15) is 4.37 Å². The van der Waals surface area contributed by atoms with Crippen LogP contribution in [0.25, 0.3) is 0 Å². The number of anilines is 1. The first-order valence-electron chi connectivity index (χ1n) is 9.61. The molecule has 5 nitrogen and oxygen atoms in total. The van der Waals surface area contributed by atoms with Gasteiger partial charge in [0.1, 0.15) is 11.6 Å². The molecule has 1 aromatic heterocycles. The van der Waals surface area contributed by atoms with Crippen molar-refractivity contribution in [2.45, 2.75) is 39.5 Å². The first-order chi connectivity index (χ1) is 13.0. The monoisotopic (exact) mass is 390 g/mol. The van der Waals surface area contributed by atoms with E-state index in [-0.39, 0.29) is 17.6 Å². The van der Waals surface area contributed by atoms with Crippen molar-refractivity contribution in [1.29, 1.82) is 0 Å². The van der Waals surface area contributed by atoms with Crippen molar-refractivity contribution in [2.75, 3.05) is 24.5 Å². The van der Waals surface area contributed by atoms with Crippen molar-refractivity contribution in [2.24, 2.45) is 11.8 Å². The predicted molar refractivity (Wildman–Crippen MR) is 107 cm³/mol. The average Bonchev–Trinajstić information content (AvgIpc) is 3.12. The van der Waals surface area contributed by atoms with Crippen LogP contribution in [0.15, 0.2) is 24.3 Å². The zero-order chi connectivity index (χ0) is 19.2. The van der Waals surface area contributed by atoms with Gasteiger partial charge in [0.15, 0.2) is 0 Å². The molecule has 146 valence electrons. The molecule has 1 aliphatic rings. The summed E-state index contributed by atoms with van der Waals surface area (Å²) >= 11 is 1.37. The molecule has 7 heteroatoms. The largest absolute Gasteiger partial charge is 0.356 e. The van der Waals surface area contributed by atoms with Gasteiger partial charge in [0.2, 0.25) is 11.0 Å². The number of benzene rings is 1. The Morgan fingerprint density at radius 2 is 2.15 bits per heavy atom. The Morgan fingerprint density at radius 1 is 1.37 bits per heavy atom. The number of amides is 1. The number of nitrogens with one attached hydrogen (secondary N) is 1. The first kappa shape index (κ1) is 19.7. The van der Waals surface area contributed by atoms with E-state index < -0.39 is 0 Å². The molecule has 1 saturated heterocycles. The number of hydrogen-bond donors (Lipinski definition) is 1. The number of halogens is 1. The Morgan fingerprint density at radius 3 is 2.89 bits per heavy atom. The Bertz CT molecular complexity index is 747. The molecule has 1 N–H and O–H groups in total. The second-order valence-electron chi connectivity index (χ2n) is 7.56. The number of hydrogen-bond acceptors (Lipinski definition) is 5. The Hall–Kier alpha value is -2.02. The maximum atomic E-state index is 13.0. The highest BCUT2D eigenvalue weighted by Gasteiger charge is 2.27. The van der Waals surface area contributed by atoms with Crippen LogP contribution in [0.4, 0.5) is 9.52 Å². The van der Waals surface area contributed by atoms with E-state index in [2.05, 4.69) is 33.4 Å². The van der Waals surface area contributed by atoms with Gasteiger partial charge in [-0.3, -0.25) is 4.79 Å². The maximum absolute atomic E-state index is 13.0. The number of rotatable bonds is 7. The van der Waals surface area contributed by atoms with Crippen LogP contribution in [0.2, 0.25) is 0 Å². The zero-order valence-electron chi connectivity index (χ0n) is 15.9. The highest BCUT2D eigenvalue weighted by atomic mass is 32.1. The lowest BCUT2D eigenvalue weighted by atomic mass is 9.97. The van der Waals surface area contributed by atoms with Crippen molar-refractivity contribution in [3.63, 3.8) is 0 Å². The summed E-state index contributed by atoms with van der Waals surface area (Å²) in [5, 5.41) is 3.94. The number of nitrogens with zero attached hydrogens (tertiary/aromatic N) is 3. The molecule has 0 unspecified atom stereocenters. The Balaban J connectivity index is 1.55. The summed E-state index contributed by atoms with van der Waals surface area (Å²) in [6, 6.07) is 6.43. The smallest absolute Gasteiger partial charge is 0.224 e. The van der Waals surface area contributed by atoms with E-state index in [1.807, 2.05) is 0 Å². The van der Waals surface area contributed by atoms with E-state index in [4.69, 9.17) is 0 Å². The first-order valence-corrected chi connectivity index (χ1v) is 10.4. The van der Waals surface area contributed by atoms with E-state index in [1.165, 1.54) is 23.7 Å². The highest BCUT2D eigenvalue weighted by molar-refractivity contribution is 7.09. The summed E-state index contributed by atoms with van der Waals surface area (Å²) in [4.78, 5) is 19.2. The molecule has 2 aromatic rings. The van der Waals surface area contributed by atoms with Gasteiger partial charge in [-0.1, -0.05) is 26.0 Å². The lowest BCUT2D eigenvalue weighted by molar-refractivity contribution is -0.125. The SMILES string of the molecule is CC(C)CCNC(=O)[C@H]1CCCN(c2nc(Cc3ccc(F)cc3)ns2)C1. The Kier molecular flexibility index (Phi) is 6.77. The van der Waals surface area contributed by atoms with E-state index in [0.717, 1.165) is 48.9 Å². The molecule has 2 heterocycles. The summed E-state index contributed by atoms with van der Waals surface area (Å²) in [6.07, 6.45) is 3.50. The number of piperidine rings is 1. The van der Waals surface area contributed by atoms with Crippen LogP contribution in [0.5, 0.6) is 0 Å². The fourth-order valence-corrected chi connectivity index (χ4v) is 3.94. The van der Waals surface area contributed by atoms with Crippen molar-refractivity contribution >= 4 is 22.6 Å². The van der Waals surface area contributed by atoms with Gasteiger partial charge in [-0.15, -0.1) is 0 Å². The fourth-order valence-electron chi connectivity index (χ4n) is 3.22. The molecule has 0 spiro atoms. The normalized spacial score (nSPS) is 17.3. The molecule has 0 aliphatic carbocycles. The molecule has 1 fully saturated rings. The Labute approximate surface area is 164 Å². The lowest BCUT2D eigenvalue weighted by Crippen LogP contribution is -2.43. The molecule has 1 aromatic carbocycles. The highest BCUT2D eigenvalue weighted by Crippen LogP contribution is 2.25. The molecule has 3 rings (SSSR count). The van der Waals surface area contributed by atoms with Crippen LogP contribution >= 0.6 is 11.5 Å². The van der Waals surface area contributed by atoms with Gasteiger partial charge in [-0.25, -0.2) is 9.37 Å². The van der Waals surface area contributed by atoms with Crippen molar-refractivity contribution in [3.05, 3.63) is 41.5 Å². The zero-order valence-corrected chi connectivity index (χ0v) is 16.8. The van der Waals surface area contributed by atoms with E-state index in [1.54, 1.807) is 12.1 Å². The second-order valence-corrected chi connectivity index (χ2v) is 8.29. The van der Waals surface area contributed by atoms with Gasteiger partial charge in [0.05, 0.1) is 5.92 Å². The number of carbonyl (C=O) groups is 1. The summed E-state index contributed by atoms with van der Waals surface area (Å²) in [5.41, 5.74) is 0.988. The van der Waals surface area contributed by atoms with Crippen LogP contribution in [-0.4, -0.2) is 34.9 Å². The molecular formula is C20H27FN4OS. The molecule has 0 bridgehead atoms. The number of aromatic nitrogens is 2. The number of carbonyl (C=O) groups excluding carboxylic acids is 1. The summed E-state index contributed by atoms with van der Waals surface area (Å²) < 4.78 is 17.5. The average molecular weight is 391 g/mol. The van der Waals surface area contributed by atoms with Gasteiger partial charge >= 0.3 is 0 Å². The summed E-state index contributed by atoms with van der Waals surface area (Å²) in [5.74, 6) is 1.25. The van der Waals surface area contributed by atoms with Crippen LogP contribution in [0, 0.1) is 17.7 Å². The van der Waals surface area contributed by atoms with Crippen LogP contribution in [0.1, 0.15) is 44.5 Å². The van der Waals surface area contributed by atoms with Crippen molar-refractivity contribution in [1.82, 2.24) is 14.7 Å². The summed E-state index contributed by atoms with van der Waals surface area (Å²) in [7, 11) is 0. The van der Waals surface area contributed by atoms with Gasteiger partial charge in [-0.05, 0) is 42.9 Å². The maximum Gasteiger partial charge on any atom is 0.224 e. The summed E-state index contributed by atoms with van der Waals surface area (Å²) in [6.45, 7) is 6.66. The minimum Gasteiger partial charge on any atom is -0.356 e. The third-order valence-corrected chi connectivity index (χ3v) is 5.63. The molecule has 1 aliphatic heterocycles. The molecule has 27 heavy (non-hydrogen) atoms. The van der Waals surface area contributed by atoms with E-state index >= 15 is 0 Å². The molecule has 1 amide bonds. The van der Waals surface area contributed by atoms with Crippen molar-refractivity contribution in [3.8, 4) is 0 Å². The quantitative estimate of drug-likeness (QED) is 0.784. The lowest BCUT2D eigenvalue weighted by Gasteiger charge is -2.31. The molecule has 1 atom stereocenters.